The molecule has 4 aromatic rings. The zero-order valence-electron chi connectivity index (χ0n) is 17.4. The second kappa shape index (κ2) is 8.44. The molecule has 0 saturated heterocycles. The molecule has 5 nitrogen and oxygen atoms in total. The van der Waals surface area contributed by atoms with Gasteiger partial charge in [-0.25, -0.2) is 4.39 Å². The zero-order chi connectivity index (χ0) is 22.0. The van der Waals surface area contributed by atoms with Gasteiger partial charge in [-0.2, -0.15) is 0 Å². The Labute approximate surface area is 179 Å². The highest BCUT2D eigenvalue weighted by Gasteiger charge is 2.25. The lowest BCUT2D eigenvalue weighted by atomic mass is 9.90. The molecule has 0 N–H and O–H groups in total. The van der Waals surface area contributed by atoms with Gasteiger partial charge in [-0.1, -0.05) is 47.3 Å². The first-order chi connectivity index (χ1) is 15.0. The monoisotopic (exact) mass is 416 g/mol. The number of aromatic nitrogens is 2. The van der Waals surface area contributed by atoms with Gasteiger partial charge in [0.2, 0.25) is 5.69 Å². The Kier molecular flexibility index (Phi) is 5.54. The predicted octanol–water partition coefficient (Wildman–Crippen LogP) is 5.18. The Bertz CT molecular complexity index is 1200. The summed E-state index contributed by atoms with van der Waals surface area (Å²) in [5.41, 5.74) is 4.58. The number of benzene rings is 3. The number of ether oxygens (including phenoxy) is 2. The molecule has 0 atom stereocenters. The molecule has 0 aliphatic rings. The molecule has 0 amide bonds. The van der Waals surface area contributed by atoms with E-state index < -0.39 is 0 Å². The van der Waals surface area contributed by atoms with E-state index in [2.05, 4.69) is 5.10 Å². The van der Waals surface area contributed by atoms with Gasteiger partial charge in [0.05, 0.1) is 19.8 Å². The van der Waals surface area contributed by atoms with Crippen molar-refractivity contribution in [3.63, 3.8) is 0 Å². The Morgan fingerprint density at radius 3 is 1.97 bits per heavy atom. The van der Waals surface area contributed by atoms with Gasteiger partial charge in [-0.15, -0.1) is 0 Å². The number of hydrogen-bond acceptors (Lipinski definition) is 4. The van der Waals surface area contributed by atoms with Crippen LogP contribution in [0.5, 0.6) is 11.5 Å². The molecule has 156 valence electrons. The van der Waals surface area contributed by atoms with Crippen LogP contribution in [0.2, 0.25) is 0 Å². The first-order valence-electron chi connectivity index (χ1n) is 9.71. The first-order valence-corrected chi connectivity index (χ1v) is 9.71. The molecule has 0 aliphatic heterocycles. The molecule has 0 bridgehead atoms. The van der Waals surface area contributed by atoms with E-state index in [1.54, 1.807) is 39.3 Å². The van der Waals surface area contributed by atoms with Crippen LogP contribution in [0.3, 0.4) is 0 Å². The summed E-state index contributed by atoms with van der Waals surface area (Å²) in [6, 6.07) is 21.1. The van der Waals surface area contributed by atoms with Crippen LogP contribution in [-0.2, 0) is 0 Å². The van der Waals surface area contributed by atoms with Crippen molar-refractivity contribution in [2.75, 3.05) is 14.2 Å². The number of halogens is 1. The van der Waals surface area contributed by atoms with Crippen LogP contribution in [0.4, 0.5) is 4.39 Å². The van der Waals surface area contributed by atoms with Crippen LogP contribution >= 0.6 is 0 Å². The Balaban J connectivity index is 2.13. The van der Waals surface area contributed by atoms with Crippen LogP contribution in [0.25, 0.3) is 33.5 Å². The van der Waals surface area contributed by atoms with E-state index in [0.717, 1.165) is 16.7 Å². The lowest BCUT2D eigenvalue weighted by Crippen LogP contribution is -2.36. The average Bonchev–Trinajstić information content (AvgIpc) is 2.81. The lowest BCUT2D eigenvalue weighted by molar-refractivity contribution is -0.673. The zero-order valence-corrected chi connectivity index (χ0v) is 17.4. The van der Waals surface area contributed by atoms with Crippen molar-refractivity contribution >= 4 is 0 Å². The van der Waals surface area contributed by atoms with Gasteiger partial charge in [-0.3, -0.25) is 0 Å². The molecule has 1 heterocycles. The summed E-state index contributed by atoms with van der Waals surface area (Å²) in [5, 5.41) is 17.1. The van der Waals surface area contributed by atoms with Gasteiger partial charge < -0.3 is 14.7 Å². The van der Waals surface area contributed by atoms with E-state index in [9.17, 15) is 9.60 Å². The quantitative estimate of drug-likeness (QED) is 0.332. The third kappa shape index (κ3) is 3.92. The molecule has 0 radical (unpaired) electrons. The van der Waals surface area contributed by atoms with Crippen molar-refractivity contribution in [2.24, 2.45) is 0 Å². The Morgan fingerprint density at radius 2 is 1.39 bits per heavy atom. The highest BCUT2D eigenvalue weighted by atomic mass is 19.1. The van der Waals surface area contributed by atoms with Crippen LogP contribution in [0.15, 0.2) is 72.8 Å². The molecule has 1 aromatic heterocycles. The summed E-state index contributed by atoms with van der Waals surface area (Å²) < 4.78 is 24.6. The summed E-state index contributed by atoms with van der Waals surface area (Å²) in [6.07, 6.45) is 0. The second-order valence-electron chi connectivity index (χ2n) is 7.03. The molecule has 0 aliphatic carbocycles. The molecular formula is C25H21FN2O3. The summed E-state index contributed by atoms with van der Waals surface area (Å²) in [6.45, 7) is 1.70. The van der Waals surface area contributed by atoms with Gasteiger partial charge in [-0.05, 0) is 35.4 Å². The van der Waals surface area contributed by atoms with Crippen molar-refractivity contribution in [3.8, 4) is 45.0 Å². The van der Waals surface area contributed by atoms with Crippen molar-refractivity contribution in [3.05, 3.63) is 89.5 Å². The fraction of sp³-hybridized carbons (Fsp3) is 0.120. The molecule has 6 heteroatoms. The SMILES string of the molecule is COc1cc(OC)cc(-c2c(-c3ccccc3)n[n+]([O-])c(C)c2-c2ccc(F)cc2)c1. The van der Waals surface area contributed by atoms with E-state index in [1.165, 1.54) is 12.1 Å². The molecule has 0 spiro atoms. The van der Waals surface area contributed by atoms with E-state index in [-0.39, 0.29) is 5.82 Å². The molecule has 3 aromatic carbocycles. The minimum absolute atomic E-state index is 0.349. The topological polar surface area (TPSA) is 58.3 Å². The average molecular weight is 416 g/mol. The molecule has 4 rings (SSSR count). The molecule has 0 fully saturated rings. The second-order valence-corrected chi connectivity index (χ2v) is 7.03. The van der Waals surface area contributed by atoms with Crippen LogP contribution in [0.1, 0.15) is 5.69 Å². The van der Waals surface area contributed by atoms with E-state index >= 15 is 0 Å². The van der Waals surface area contributed by atoms with Gasteiger partial charge in [0.1, 0.15) is 23.0 Å². The molecule has 0 unspecified atom stereocenters. The van der Waals surface area contributed by atoms with Crippen molar-refractivity contribution in [2.45, 2.75) is 6.92 Å². The van der Waals surface area contributed by atoms with Gasteiger partial charge in [0, 0.05) is 29.2 Å². The number of nitrogens with zero attached hydrogens (tertiary/aromatic N) is 2. The Hall–Kier alpha value is -3.93. The van der Waals surface area contributed by atoms with Crippen LogP contribution in [-0.4, -0.2) is 19.3 Å². The Morgan fingerprint density at radius 1 is 0.774 bits per heavy atom. The number of methoxy groups -OCH3 is 2. The standard InChI is InChI=1S/C25H21FN2O3/c1-16-23(17-9-11-20(26)12-10-17)24(19-13-21(30-2)15-22(14-19)31-3)25(27-28(16)29)18-7-5-4-6-8-18/h4-15H,1-3H3. The fourth-order valence-electron chi connectivity index (χ4n) is 3.61. The van der Waals surface area contributed by atoms with E-state index in [1.807, 2.05) is 42.5 Å². The third-order valence-electron chi connectivity index (χ3n) is 5.15. The maximum atomic E-state index is 13.6. The normalized spacial score (nSPS) is 10.7. The number of rotatable bonds is 5. The van der Waals surface area contributed by atoms with Gasteiger partial charge in [0.15, 0.2) is 0 Å². The van der Waals surface area contributed by atoms with Crippen molar-refractivity contribution in [1.29, 1.82) is 0 Å². The fourth-order valence-corrected chi connectivity index (χ4v) is 3.61. The minimum Gasteiger partial charge on any atom is -0.594 e. The smallest absolute Gasteiger partial charge is 0.227 e. The number of hydrogen-bond donors (Lipinski definition) is 0. The summed E-state index contributed by atoms with van der Waals surface area (Å²) in [4.78, 5) is 0.613. The maximum absolute atomic E-state index is 13.6. The van der Waals surface area contributed by atoms with Crippen LogP contribution < -0.4 is 14.3 Å². The molecular weight excluding hydrogens is 395 g/mol. The van der Waals surface area contributed by atoms with E-state index in [0.29, 0.717) is 38.9 Å². The highest BCUT2D eigenvalue weighted by Crippen LogP contribution is 2.41. The lowest BCUT2D eigenvalue weighted by Gasteiger charge is -2.17. The maximum Gasteiger partial charge on any atom is 0.227 e. The minimum atomic E-state index is -0.349. The largest absolute Gasteiger partial charge is 0.594 e. The highest BCUT2D eigenvalue weighted by molar-refractivity contribution is 5.93. The first kappa shape index (κ1) is 20.3. The summed E-state index contributed by atoms with van der Waals surface area (Å²) >= 11 is 0. The van der Waals surface area contributed by atoms with Gasteiger partial charge >= 0.3 is 0 Å². The predicted molar refractivity (Wildman–Crippen MR) is 117 cm³/mol. The third-order valence-corrected chi connectivity index (χ3v) is 5.15. The summed E-state index contributed by atoms with van der Waals surface area (Å²) in [5.74, 6) is 0.864. The van der Waals surface area contributed by atoms with E-state index in [4.69, 9.17) is 9.47 Å². The summed E-state index contributed by atoms with van der Waals surface area (Å²) in [7, 11) is 3.16. The van der Waals surface area contributed by atoms with Crippen molar-refractivity contribution < 1.29 is 18.7 Å². The van der Waals surface area contributed by atoms with Crippen LogP contribution in [0, 0.1) is 17.9 Å². The molecule has 31 heavy (non-hydrogen) atoms. The molecule has 0 saturated carbocycles. The van der Waals surface area contributed by atoms with Gasteiger partial charge in [0.25, 0.3) is 0 Å². The van der Waals surface area contributed by atoms with Crippen molar-refractivity contribution in [1.82, 2.24) is 5.10 Å².